The minimum Gasteiger partial charge on any atom is -0.378 e. The van der Waals surface area contributed by atoms with Gasteiger partial charge >= 0.3 is 0 Å². The quantitative estimate of drug-likeness (QED) is 0.716. The molecule has 5 heteroatoms. The molecular weight excluding hydrogens is 341 g/mol. The first-order valence-corrected chi connectivity index (χ1v) is 7.45. The highest BCUT2D eigenvalue weighted by Crippen LogP contribution is 2.33. The topological polar surface area (TPSA) is 12.0 Å². The van der Waals surface area contributed by atoms with Crippen molar-refractivity contribution in [3.63, 3.8) is 0 Å². The molecule has 0 saturated carbocycles. The molecule has 1 N–H and O–H groups in total. The zero-order valence-electron chi connectivity index (χ0n) is 9.01. The lowest BCUT2D eigenvalue weighted by Gasteiger charge is -2.15. The van der Waals surface area contributed by atoms with Gasteiger partial charge in [0.05, 0.1) is 19.5 Å². The van der Waals surface area contributed by atoms with Gasteiger partial charge in [-0.15, -0.1) is 11.3 Å². The minimum atomic E-state index is 0.188. The molecule has 17 heavy (non-hydrogen) atoms. The van der Waals surface area contributed by atoms with Gasteiger partial charge in [0.1, 0.15) is 0 Å². The van der Waals surface area contributed by atoms with Gasteiger partial charge in [-0.2, -0.15) is 0 Å². The molecule has 1 aromatic carbocycles. The monoisotopic (exact) mass is 349 g/mol. The summed E-state index contributed by atoms with van der Waals surface area (Å²) in [5.41, 5.74) is 2.15. The van der Waals surface area contributed by atoms with Crippen molar-refractivity contribution in [1.29, 1.82) is 0 Å². The Kier molecular flexibility index (Phi) is 4.36. The maximum Gasteiger partial charge on any atom is 0.0931 e. The summed E-state index contributed by atoms with van der Waals surface area (Å²) in [6, 6.07) is 7.92. The summed E-state index contributed by atoms with van der Waals surface area (Å²) < 4.78 is 1.69. The van der Waals surface area contributed by atoms with Gasteiger partial charge in [-0.3, -0.25) is 0 Å². The largest absolute Gasteiger partial charge is 0.378 e. The van der Waals surface area contributed by atoms with Crippen LogP contribution in [0.4, 0.5) is 5.69 Å². The van der Waals surface area contributed by atoms with Crippen molar-refractivity contribution in [2.45, 2.75) is 13.0 Å². The van der Waals surface area contributed by atoms with Crippen LogP contribution in [-0.2, 0) is 0 Å². The standard InChI is InChI=1S/C12H10BrCl2NS/c1-7(8-5-11(15)17-6-8)16-10-4-2-3-9(14)12(10)13/h2-7,16H,1H3. The number of anilines is 1. The molecule has 0 aliphatic heterocycles. The minimum absolute atomic E-state index is 0.188. The van der Waals surface area contributed by atoms with Gasteiger partial charge in [-0.05, 0) is 52.0 Å². The maximum atomic E-state index is 6.04. The van der Waals surface area contributed by atoms with E-state index in [0.29, 0.717) is 5.02 Å². The average Bonchev–Trinajstić information content (AvgIpc) is 2.72. The van der Waals surface area contributed by atoms with Crippen LogP contribution in [0.15, 0.2) is 34.1 Å². The van der Waals surface area contributed by atoms with Crippen LogP contribution in [0.5, 0.6) is 0 Å². The van der Waals surface area contributed by atoms with E-state index in [0.717, 1.165) is 14.5 Å². The summed E-state index contributed by atoms with van der Waals surface area (Å²) >= 11 is 17.0. The van der Waals surface area contributed by atoms with Gasteiger partial charge in [-0.1, -0.05) is 29.3 Å². The van der Waals surface area contributed by atoms with Crippen molar-refractivity contribution in [2.75, 3.05) is 5.32 Å². The van der Waals surface area contributed by atoms with E-state index in [4.69, 9.17) is 23.2 Å². The zero-order chi connectivity index (χ0) is 12.4. The molecule has 1 nitrogen and oxygen atoms in total. The van der Waals surface area contributed by atoms with Gasteiger partial charge in [0.2, 0.25) is 0 Å². The molecule has 1 aromatic heterocycles. The van der Waals surface area contributed by atoms with E-state index in [-0.39, 0.29) is 6.04 Å². The van der Waals surface area contributed by atoms with Crippen LogP contribution in [-0.4, -0.2) is 0 Å². The number of hydrogen-bond acceptors (Lipinski definition) is 2. The smallest absolute Gasteiger partial charge is 0.0931 e. The molecule has 2 aromatic rings. The molecule has 0 aliphatic carbocycles. The Morgan fingerprint density at radius 3 is 2.76 bits per heavy atom. The Balaban J connectivity index is 2.18. The summed E-state index contributed by atoms with van der Waals surface area (Å²) in [6.45, 7) is 2.09. The van der Waals surface area contributed by atoms with Crippen molar-refractivity contribution < 1.29 is 0 Å². The van der Waals surface area contributed by atoms with Gasteiger partial charge in [-0.25, -0.2) is 0 Å². The molecule has 0 aliphatic rings. The van der Waals surface area contributed by atoms with Crippen molar-refractivity contribution in [3.05, 3.63) is 49.0 Å². The fourth-order valence-corrected chi connectivity index (χ4v) is 3.02. The van der Waals surface area contributed by atoms with Crippen LogP contribution in [0.25, 0.3) is 0 Å². The zero-order valence-corrected chi connectivity index (χ0v) is 12.9. The predicted octanol–water partition coefficient (Wildman–Crippen LogP) is 5.99. The second-order valence-electron chi connectivity index (χ2n) is 3.65. The van der Waals surface area contributed by atoms with Crippen LogP contribution in [0, 0.1) is 0 Å². The van der Waals surface area contributed by atoms with E-state index in [2.05, 4.69) is 33.6 Å². The summed E-state index contributed by atoms with van der Waals surface area (Å²) in [4.78, 5) is 0. The highest BCUT2D eigenvalue weighted by molar-refractivity contribution is 9.10. The Morgan fingerprint density at radius 2 is 2.12 bits per heavy atom. The van der Waals surface area contributed by atoms with Crippen LogP contribution >= 0.6 is 50.5 Å². The Morgan fingerprint density at radius 1 is 1.35 bits per heavy atom. The molecule has 2 rings (SSSR count). The number of thiophene rings is 1. The molecule has 90 valence electrons. The van der Waals surface area contributed by atoms with Gasteiger partial charge in [0, 0.05) is 6.04 Å². The van der Waals surface area contributed by atoms with Crippen molar-refractivity contribution in [3.8, 4) is 0 Å². The number of benzene rings is 1. The molecule has 1 atom stereocenters. The molecule has 0 amide bonds. The van der Waals surface area contributed by atoms with Gasteiger partial charge in [0.25, 0.3) is 0 Å². The first-order valence-electron chi connectivity index (χ1n) is 5.02. The highest BCUT2D eigenvalue weighted by atomic mass is 79.9. The second-order valence-corrected chi connectivity index (χ2v) is 6.39. The Hall–Kier alpha value is -0.220. The van der Waals surface area contributed by atoms with E-state index in [1.165, 1.54) is 16.9 Å². The van der Waals surface area contributed by atoms with Gasteiger partial charge in [0.15, 0.2) is 0 Å². The molecule has 0 spiro atoms. The number of nitrogens with one attached hydrogen (secondary N) is 1. The van der Waals surface area contributed by atoms with Gasteiger partial charge < -0.3 is 5.32 Å². The lowest BCUT2D eigenvalue weighted by Crippen LogP contribution is -2.05. The van der Waals surface area contributed by atoms with Crippen LogP contribution in [0.3, 0.4) is 0 Å². The molecule has 0 saturated heterocycles. The van der Waals surface area contributed by atoms with E-state index in [1.807, 2.05) is 24.3 Å². The average molecular weight is 351 g/mol. The third-order valence-corrected chi connectivity index (χ3v) is 4.92. The van der Waals surface area contributed by atoms with Crippen molar-refractivity contribution in [1.82, 2.24) is 0 Å². The third-order valence-electron chi connectivity index (χ3n) is 2.41. The third kappa shape index (κ3) is 3.16. The summed E-state index contributed by atoms with van der Waals surface area (Å²) in [7, 11) is 0. The molecule has 0 radical (unpaired) electrons. The molecule has 1 unspecified atom stereocenters. The van der Waals surface area contributed by atoms with E-state index >= 15 is 0 Å². The van der Waals surface area contributed by atoms with Crippen molar-refractivity contribution >= 4 is 56.2 Å². The highest BCUT2D eigenvalue weighted by Gasteiger charge is 2.10. The van der Waals surface area contributed by atoms with Crippen LogP contribution in [0.1, 0.15) is 18.5 Å². The first kappa shape index (κ1) is 13.2. The predicted molar refractivity (Wildman–Crippen MR) is 80.5 cm³/mol. The fraction of sp³-hybridized carbons (Fsp3) is 0.167. The molecule has 1 heterocycles. The fourth-order valence-electron chi connectivity index (χ4n) is 1.48. The maximum absolute atomic E-state index is 6.04. The Labute approximate surface area is 123 Å². The Bertz CT molecular complexity index is 527. The summed E-state index contributed by atoms with van der Waals surface area (Å²) in [6.07, 6.45) is 0. The first-order chi connectivity index (χ1) is 8.08. The van der Waals surface area contributed by atoms with E-state index < -0.39 is 0 Å². The van der Waals surface area contributed by atoms with Crippen LogP contribution in [0.2, 0.25) is 9.36 Å². The number of halogens is 3. The molecule has 0 fully saturated rings. The number of rotatable bonds is 3. The van der Waals surface area contributed by atoms with Crippen LogP contribution < -0.4 is 5.32 Å². The summed E-state index contributed by atoms with van der Waals surface area (Å²) in [5, 5.41) is 6.15. The summed E-state index contributed by atoms with van der Waals surface area (Å²) in [5.74, 6) is 0. The number of hydrogen-bond donors (Lipinski definition) is 1. The van der Waals surface area contributed by atoms with E-state index in [9.17, 15) is 0 Å². The molecular formula is C12H10BrCl2NS. The normalized spacial score (nSPS) is 12.5. The molecule has 0 bridgehead atoms. The lowest BCUT2D eigenvalue weighted by molar-refractivity contribution is 0.889. The lowest BCUT2D eigenvalue weighted by atomic mass is 10.1. The van der Waals surface area contributed by atoms with Crippen molar-refractivity contribution in [2.24, 2.45) is 0 Å². The SMILES string of the molecule is CC(Nc1cccc(Cl)c1Br)c1csc(Cl)c1. The second kappa shape index (κ2) is 5.61. The van der Waals surface area contributed by atoms with E-state index in [1.54, 1.807) is 0 Å².